The van der Waals surface area contributed by atoms with Gasteiger partial charge in [0.1, 0.15) is 24.6 Å². The van der Waals surface area contributed by atoms with E-state index in [2.05, 4.69) is 15.0 Å². The molecule has 0 amide bonds. The normalized spacial score (nSPS) is 28.1. The first-order chi connectivity index (χ1) is 9.13. The first-order valence-electron chi connectivity index (χ1n) is 5.62. The number of ether oxygens (including phenoxy) is 1. The second kappa shape index (κ2) is 7.64. The molecule has 0 bridgehead atoms. The van der Waals surface area contributed by atoms with Crippen molar-refractivity contribution in [2.24, 2.45) is 0 Å². The van der Waals surface area contributed by atoms with Crippen LogP contribution in [-0.2, 0) is 4.74 Å². The molecular formula is C10H14N4Na2O5. The number of hydrogen-bond acceptors (Lipinski definition) is 8. The van der Waals surface area contributed by atoms with Gasteiger partial charge in [0.2, 0.25) is 5.88 Å². The first kappa shape index (κ1) is 19.2. The van der Waals surface area contributed by atoms with Crippen molar-refractivity contribution >= 4 is 70.3 Å². The number of aliphatic hydroxyl groups is 3. The van der Waals surface area contributed by atoms with E-state index in [1.807, 2.05) is 0 Å². The average Bonchev–Trinajstić information content (AvgIpc) is 2.94. The van der Waals surface area contributed by atoms with E-state index in [1.165, 1.54) is 10.9 Å². The Morgan fingerprint density at radius 3 is 2.48 bits per heavy atom. The fourth-order valence-electron chi connectivity index (χ4n) is 2.14. The van der Waals surface area contributed by atoms with Gasteiger partial charge in [0.15, 0.2) is 17.4 Å². The van der Waals surface area contributed by atoms with Gasteiger partial charge in [-0.1, -0.05) is 0 Å². The van der Waals surface area contributed by atoms with E-state index in [0.717, 1.165) is 6.33 Å². The van der Waals surface area contributed by atoms with E-state index < -0.39 is 31.1 Å². The van der Waals surface area contributed by atoms with Gasteiger partial charge in [0, 0.05) is 0 Å². The van der Waals surface area contributed by atoms with E-state index in [1.54, 1.807) is 0 Å². The molecule has 1 aliphatic rings. The Morgan fingerprint density at radius 1 is 1.14 bits per heavy atom. The zero-order chi connectivity index (χ0) is 13.6. The number of fused-ring (bicyclic) bond motifs is 1. The van der Waals surface area contributed by atoms with Crippen molar-refractivity contribution in [2.75, 3.05) is 6.61 Å². The van der Waals surface area contributed by atoms with Crippen LogP contribution in [0, 0.1) is 0 Å². The van der Waals surface area contributed by atoms with Crippen molar-refractivity contribution < 1.29 is 25.2 Å². The molecule has 3 rings (SSSR count). The van der Waals surface area contributed by atoms with Crippen LogP contribution in [-0.4, -0.2) is 124 Å². The van der Waals surface area contributed by atoms with Crippen LogP contribution in [0.3, 0.4) is 0 Å². The molecule has 4 atom stereocenters. The standard InChI is InChI=1S/C10H12N4O5.2Na.2H/c15-1-4-6(16)7(17)10(19-4)14-3-13-5-8(14)11-2-12-9(5)18;;;;/h2-4,6-7,10,15-17H,1H2,(H,11,12,18);;;;/t4-,6-,7-,10-;;;;/m1..../s1. The molecule has 11 heteroatoms. The molecule has 0 saturated carbocycles. The maximum atomic E-state index is 9.92. The van der Waals surface area contributed by atoms with Crippen LogP contribution < -0.4 is 0 Å². The maximum absolute atomic E-state index is 9.92. The minimum atomic E-state index is -1.23. The van der Waals surface area contributed by atoms with Gasteiger partial charge in [0.05, 0.1) is 12.9 Å². The van der Waals surface area contributed by atoms with Crippen molar-refractivity contribution in [3.8, 4) is 5.88 Å². The van der Waals surface area contributed by atoms with Crippen LogP contribution in [0.1, 0.15) is 6.23 Å². The molecule has 106 valence electrons. The molecule has 1 aliphatic heterocycles. The van der Waals surface area contributed by atoms with Gasteiger partial charge in [-0.15, -0.1) is 0 Å². The number of aliphatic hydroxyl groups excluding tert-OH is 3. The zero-order valence-electron chi connectivity index (χ0n) is 9.66. The molecule has 1 fully saturated rings. The molecular weight excluding hydrogens is 302 g/mol. The SMILES string of the molecule is OC[C@H]1O[C@@H](n2cnc3c(O)ncnc32)[C@H](O)[C@@H]1O.[NaH].[NaH]. The van der Waals surface area contributed by atoms with Crippen LogP contribution in [0.15, 0.2) is 12.7 Å². The van der Waals surface area contributed by atoms with Crippen molar-refractivity contribution in [1.82, 2.24) is 19.5 Å². The van der Waals surface area contributed by atoms with Crippen molar-refractivity contribution in [1.29, 1.82) is 0 Å². The summed E-state index contributed by atoms with van der Waals surface area (Å²) in [4.78, 5) is 11.5. The van der Waals surface area contributed by atoms with Gasteiger partial charge in [-0.3, -0.25) is 4.57 Å². The summed E-state index contributed by atoms with van der Waals surface area (Å²) in [6, 6.07) is 0. The molecule has 0 spiro atoms. The Hall–Kier alpha value is 0.190. The number of aromatic hydroxyl groups is 1. The molecule has 1 saturated heterocycles. The molecule has 2 aromatic rings. The molecule has 0 radical (unpaired) electrons. The molecule has 21 heavy (non-hydrogen) atoms. The quantitative estimate of drug-likeness (QED) is 0.427. The molecule has 0 aliphatic carbocycles. The molecule has 0 unspecified atom stereocenters. The summed E-state index contributed by atoms with van der Waals surface area (Å²) in [5, 5.41) is 38.2. The number of imidazole rings is 1. The van der Waals surface area contributed by atoms with Crippen molar-refractivity contribution in [3.05, 3.63) is 12.7 Å². The van der Waals surface area contributed by atoms with Crippen molar-refractivity contribution in [3.63, 3.8) is 0 Å². The third-order valence-electron chi connectivity index (χ3n) is 3.13. The van der Waals surface area contributed by atoms with Gasteiger partial charge in [-0.05, 0) is 0 Å². The Bertz CT molecular complexity index is 612. The van der Waals surface area contributed by atoms with Crippen LogP contribution in [0.25, 0.3) is 11.2 Å². The van der Waals surface area contributed by atoms with E-state index >= 15 is 0 Å². The third-order valence-corrected chi connectivity index (χ3v) is 3.13. The Kier molecular flexibility index (Phi) is 7.00. The third kappa shape index (κ3) is 3.27. The van der Waals surface area contributed by atoms with Gasteiger partial charge >= 0.3 is 59.1 Å². The number of hydrogen-bond donors (Lipinski definition) is 4. The molecule has 0 aromatic carbocycles. The average molecular weight is 316 g/mol. The van der Waals surface area contributed by atoms with Crippen LogP contribution >= 0.6 is 0 Å². The van der Waals surface area contributed by atoms with Crippen LogP contribution in [0.2, 0.25) is 0 Å². The second-order valence-corrected chi connectivity index (χ2v) is 4.25. The number of nitrogens with zero attached hydrogens (tertiary/aromatic N) is 4. The van der Waals surface area contributed by atoms with E-state index in [4.69, 9.17) is 9.84 Å². The first-order valence-corrected chi connectivity index (χ1v) is 5.62. The second-order valence-electron chi connectivity index (χ2n) is 4.25. The molecule has 2 aromatic heterocycles. The fourth-order valence-corrected chi connectivity index (χ4v) is 2.14. The van der Waals surface area contributed by atoms with Crippen LogP contribution in [0.4, 0.5) is 0 Å². The fraction of sp³-hybridized carbons (Fsp3) is 0.500. The molecule has 4 N–H and O–H groups in total. The topological polar surface area (TPSA) is 134 Å². The van der Waals surface area contributed by atoms with E-state index in [-0.39, 0.29) is 76.2 Å². The summed E-state index contributed by atoms with van der Waals surface area (Å²) in [6.07, 6.45) is -1.79. The monoisotopic (exact) mass is 316 g/mol. The van der Waals surface area contributed by atoms with E-state index in [9.17, 15) is 15.3 Å². The van der Waals surface area contributed by atoms with Gasteiger partial charge in [0.25, 0.3) is 0 Å². The van der Waals surface area contributed by atoms with Gasteiger partial charge < -0.3 is 25.2 Å². The molecule has 9 nitrogen and oxygen atoms in total. The predicted octanol–water partition coefficient (Wildman–Crippen LogP) is -3.15. The Balaban J connectivity index is 0.00000110. The predicted molar refractivity (Wildman–Crippen MR) is 74.3 cm³/mol. The Morgan fingerprint density at radius 2 is 1.86 bits per heavy atom. The summed E-state index contributed by atoms with van der Waals surface area (Å²) in [6.45, 7) is -0.415. The summed E-state index contributed by atoms with van der Waals surface area (Å²) in [5.41, 5.74) is 0.433. The molecule has 3 heterocycles. The number of rotatable bonds is 2. The van der Waals surface area contributed by atoms with Crippen LogP contribution in [0.5, 0.6) is 5.88 Å². The minimum absolute atomic E-state index is 0. The summed E-state index contributed by atoms with van der Waals surface area (Å²) < 4.78 is 6.73. The summed E-state index contributed by atoms with van der Waals surface area (Å²) >= 11 is 0. The number of aromatic nitrogens is 4. The van der Waals surface area contributed by atoms with Gasteiger partial charge in [-0.25, -0.2) is 9.97 Å². The van der Waals surface area contributed by atoms with Crippen molar-refractivity contribution in [2.45, 2.75) is 24.5 Å². The summed E-state index contributed by atoms with van der Waals surface area (Å²) in [7, 11) is 0. The zero-order valence-corrected chi connectivity index (χ0v) is 9.66. The summed E-state index contributed by atoms with van der Waals surface area (Å²) in [5.74, 6) is -0.282. The van der Waals surface area contributed by atoms with Gasteiger partial charge in [-0.2, -0.15) is 4.98 Å². The van der Waals surface area contributed by atoms with E-state index in [0.29, 0.717) is 0 Å². The Labute approximate surface area is 163 Å².